The van der Waals surface area contributed by atoms with Gasteiger partial charge in [-0.2, -0.15) is 0 Å². The number of carbonyl (C=O) groups is 1. The van der Waals surface area contributed by atoms with Gasteiger partial charge < -0.3 is 10.0 Å². The maximum absolute atomic E-state index is 12.2. The molecule has 1 atom stereocenters. The summed E-state index contributed by atoms with van der Waals surface area (Å²) < 4.78 is 0. The maximum atomic E-state index is 12.2. The maximum Gasteiger partial charge on any atom is 0.253 e. The van der Waals surface area contributed by atoms with Gasteiger partial charge in [0, 0.05) is 18.7 Å². The Morgan fingerprint density at radius 2 is 2.24 bits per heavy atom. The van der Waals surface area contributed by atoms with E-state index in [4.69, 9.17) is 0 Å². The summed E-state index contributed by atoms with van der Waals surface area (Å²) in [7, 11) is 0. The Morgan fingerprint density at radius 1 is 1.47 bits per heavy atom. The highest BCUT2D eigenvalue weighted by Gasteiger charge is 2.22. The van der Waals surface area contributed by atoms with Crippen molar-refractivity contribution in [2.75, 3.05) is 13.1 Å². The molecule has 1 amide bonds. The number of hydrogen-bond acceptors (Lipinski definition) is 2. The minimum atomic E-state index is 0.0341. The number of phenols is 1. The Bertz CT molecular complexity index is 428. The van der Waals surface area contributed by atoms with Gasteiger partial charge in [-0.25, -0.2) is 0 Å². The Morgan fingerprint density at radius 3 is 2.88 bits per heavy atom. The van der Waals surface area contributed by atoms with E-state index in [9.17, 15) is 9.90 Å². The van der Waals surface area contributed by atoms with Crippen LogP contribution in [-0.2, 0) is 0 Å². The van der Waals surface area contributed by atoms with Crippen molar-refractivity contribution >= 4 is 5.91 Å². The summed E-state index contributed by atoms with van der Waals surface area (Å²) in [6.07, 6.45) is 2.27. The normalized spacial score (nSPS) is 20.4. The van der Waals surface area contributed by atoms with Crippen LogP contribution in [-0.4, -0.2) is 29.0 Å². The van der Waals surface area contributed by atoms with Crippen LogP contribution < -0.4 is 0 Å². The van der Waals surface area contributed by atoms with E-state index in [-0.39, 0.29) is 11.7 Å². The Labute approximate surface area is 102 Å². The summed E-state index contributed by atoms with van der Waals surface area (Å²) in [5, 5.41) is 9.63. The van der Waals surface area contributed by atoms with E-state index in [2.05, 4.69) is 6.92 Å². The number of amides is 1. The molecule has 0 bridgehead atoms. The van der Waals surface area contributed by atoms with Gasteiger partial charge in [-0.1, -0.05) is 13.0 Å². The van der Waals surface area contributed by atoms with Crippen molar-refractivity contribution in [3.05, 3.63) is 29.3 Å². The number of nitrogens with zero attached hydrogens (tertiary/aromatic N) is 1. The average molecular weight is 233 g/mol. The Balaban J connectivity index is 2.15. The zero-order valence-corrected chi connectivity index (χ0v) is 10.4. The first-order valence-electron chi connectivity index (χ1n) is 6.17. The molecule has 17 heavy (non-hydrogen) atoms. The summed E-state index contributed by atoms with van der Waals surface area (Å²) in [5.74, 6) is 0.805. The number of carbonyl (C=O) groups excluding carboxylic acids is 1. The fourth-order valence-corrected chi connectivity index (χ4v) is 2.30. The standard InChI is InChI=1S/C14H19NO2/c1-10-4-3-7-15(9-10)14(17)12-6-5-11(2)13(16)8-12/h5-6,8,10,16H,3-4,7,9H2,1-2H3. The van der Waals surface area contributed by atoms with Gasteiger partial charge in [0.15, 0.2) is 0 Å². The molecule has 1 fully saturated rings. The van der Waals surface area contributed by atoms with Gasteiger partial charge in [0.25, 0.3) is 5.91 Å². The molecule has 0 aromatic heterocycles. The molecule has 1 aromatic rings. The predicted molar refractivity (Wildman–Crippen MR) is 67.1 cm³/mol. The number of rotatable bonds is 1. The van der Waals surface area contributed by atoms with Crippen molar-refractivity contribution in [2.45, 2.75) is 26.7 Å². The molecule has 0 aliphatic carbocycles. The fourth-order valence-electron chi connectivity index (χ4n) is 2.30. The third-order valence-corrected chi connectivity index (χ3v) is 3.40. The first kappa shape index (κ1) is 12.0. The van der Waals surface area contributed by atoms with Crippen LogP contribution in [0.3, 0.4) is 0 Å². The number of piperidine rings is 1. The lowest BCUT2D eigenvalue weighted by Crippen LogP contribution is -2.39. The Kier molecular flexibility index (Phi) is 3.36. The van der Waals surface area contributed by atoms with Crippen LogP contribution in [0.25, 0.3) is 0 Å². The zero-order chi connectivity index (χ0) is 12.4. The number of phenolic OH excluding ortho intramolecular Hbond substituents is 1. The van der Waals surface area contributed by atoms with E-state index in [0.717, 1.165) is 25.1 Å². The summed E-state index contributed by atoms with van der Waals surface area (Å²) >= 11 is 0. The molecular weight excluding hydrogens is 214 g/mol. The van der Waals surface area contributed by atoms with Crippen LogP contribution in [0.15, 0.2) is 18.2 Å². The first-order chi connectivity index (χ1) is 8.08. The molecule has 1 heterocycles. The van der Waals surface area contributed by atoms with Gasteiger partial charge in [-0.15, -0.1) is 0 Å². The second-order valence-corrected chi connectivity index (χ2v) is 5.00. The van der Waals surface area contributed by atoms with Crippen molar-refractivity contribution < 1.29 is 9.90 Å². The highest BCUT2D eigenvalue weighted by atomic mass is 16.3. The van der Waals surface area contributed by atoms with Crippen LogP contribution in [0.5, 0.6) is 5.75 Å². The summed E-state index contributed by atoms with van der Waals surface area (Å²) in [6.45, 7) is 5.66. The Hall–Kier alpha value is -1.51. The number of aromatic hydroxyl groups is 1. The molecule has 92 valence electrons. The van der Waals surface area contributed by atoms with Crippen molar-refractivity contribution in [1.82, 2.24) is 4.90 Å². The second-order valence-electron chi connectivity index (χ2n) is 5.00. The largest absolute Gasteiger partial charge is 0.508 e. The quantitative estimate of drug-likeness (QED) is 0.810. The lowest BCUT2D eigenvalue weighted by molar-refractivity contribution is 0.0682. The first-order valence-corrected chi connectivity index (χ1v) is 6.17. The molecule has 0 spiro atoms. The summed E-state index contributed by atoms with van der Waals surface area (Å²) in [4.78, 5) is 14.1. The minimum Gasteiger partial charge on any atom is -0.508 e. The third kappa shape index (κ3) is 2.60. The molecule has 1 unspecified atom stereocenters. The average Bonchev–Trinajstić information content (AvgIpc) is 2.32. The van der Waals surface area contributed by atoms with Crippen LogP contribution >= 0.6 is 0 Å². The molecule has 1 N–H and O–H groups in total. The highest BCUT2D eigenvalue weighted by Crippen LogP contribution is 2.21. The summed E-state index contributed by atoms with van der Waals surface area (Å²) in [6, 6.07) is 5.14. The minimum absolute atomic E-state index is 0.0341. The topological polar surface area (TPSA) is 40.5 Å². The second kappa shape index (κ2) is 4.78. The van der Waals surface area contributed by atoms with Gasteiger partial charge in [0.05, 0.1) is 0 Å². The van der Waals surface area contributed by atoms with Crippen molar-refractivity contribution in [1.29, 1.82) is 0 Å². The van der Waals surface area contributed by atoms with Gasteiger partial charge in [-0.05, 0) is 43.4 Å². The van der Waals surface area contributed by atoms with Crippen LogP contribution in [0, 0.1) is 12.8 Å². The van der Waals surface area contributed by atoms with E-state index in [1.807, 2.05) is 11.8 Å². The van der Waals surface area contributed by atoms with Crippen LogP contribution in [0.1, 0.15) is 35.7 Å². The molecule has 3 heteroatoms. The lowest BCUT2D eigenvalue weighted by atomic mass is 9.99. The molecular formula is C14H19NO2. The monoisotopic (exact) mass is 233 g/mol. The summed E-state index contributed by atoms with van der Waals surface area (Å²) in [5.41, 5.74) is 1.38. The van der Waals surface area contributed by atoms with Crippen LogP contribution in [0.2, 0.25) is 0 Å². The molecule has 3 nitrogen and oxygen atoms in total. The van der Waals surface area contributed by atoms with Gasteiger partial charge in [0.2, 0.25) is 0 Å². The van der Waals surface area contributed by atoms with Crippen LogP contribution in [0.4, 0.5) is 0 Å². The number of benzene rings is 1. The van der Waals surface area contributed by atoms with E-state index in [0.29, 0.717) is 11.5 Å². The van der Waals surface area contributed by atoms with Gasteiger partial charge >= 0.3 is 0 Å². The van der Waals surface area contributed by atoms with E-state index >= 15 is 0 Å². The zero-order valence-electron chi connectivity index (χ0n) is 10.4. The molecule has 1 aromatic carbocycles. The molecule has 1 aliphatic rings. The molecule has 0 saturated carbocycles. The SMILES string of the molecule is Cc1ccc(C(=O)N2CCCC(C)C2)cc1O. The molecule has 1 aliphatic heterocycles. The lowest BCUT2D eigenvalue weighted by Gasteiger charge is -2.31. The number of hydrogen-bond donors (Lipinski definition) is 1. The number of likely N-dealkylation sites (tertiary alicyclic amines) is 1. The van der Waals surface area contributed by atoms with Gasteiger partial charge in [0.1, 0.15) is 5.75 Å². The van der Waals surface area contributed by atoms with E-state index in [1.165, 1.54) is 6.42 Å². The molecule has 1 saturated heterocycles. The van der Waals surface area contributed by atoms with E-state index < -0.39 is 0 Å². The van der Waals surface area contributed by atoms with E-state index in [1.54, 1.807) is 18.2 Å². The molecule has 2 rings (SSSR count). The highest BCUT2D eigenvalue weighted by molar-refractivity contribution is 5.94. The fraction of sp³-hybridized carbons (Fsp3) is 0.500. The van der Waals surface area contributed by atoms with Crippen molar-refractivity contribution in [2.24, 2.45) is 5.92 Å². The smallest absolute Gasteiger partial charge is 0.253 e. The predicted octanol–water partition coefficient (Wildman–Crippen LogP) is 2.57. The van der Waals surface area contributed by atoms with Crippen molar-refractivity contribution in [3.63, 3.8) is 0 Å². The third-order valence-electron chi connectivity index (χ3n) is 3.40. The van der Waals surface area contributed by atoms with Gasteiger partial charge in [-0.3, -0.25) is 4.79 Å². The van der Waals surface area contributed by atoms with Crippen molar-refractivity contribution in [3.8, 4) is 5.75 Å². The number of aryl methyl sites for hydroxylation is 1. The molecule has 0 radical (unpaired) electrons.